The molecule has 2 rings (SSSR count). The molecule has 0 bridgehead atoms. The Hall–Kier alpha value is -1.63. The molecule has 0 aromatic carbocycles. The first-order valence-electron chi connectivity index (χ1n) is 6.80. The zero-order valence-electron chi connectivity index (χ0n) is 12.1. The van der Waals surface area contributed by atoms with E-state index in [9.17, 15) is 23.7 Å². The number of carbonyl (C=O) groups excluding carboxylic acids is 4. The zero-order valence-corrected chi connectivity index (χ0v) is 12.1. The van der Waals surface area contributed by atoms with Crippen LogP contribution in [0.15, 0.2) is 0 Å². The van der Waals surface area contributed by atoms with Crippen LogP contribution in [-0.4, -0.2) is 37.5 Å². The molecule has 7 heteroatoms. The van der Waals surface area contributed by atoms with Crippen LogP contribution in [0.5, 0.6) is 0 Å². The Labute approximate surface area is 121 Å². The highest BCUT2D eigenvalue weighted by Gasteiger charge is 2.57. The summed E-state index contributed by atoms with van der Waals surface area (Å²) in [6.45, 7) is 1.73. The molecule has 0 aromatic rings. The number of carbonyl (C=O) groups is 4. The van der Waals surface area contributed by atoms with Gasteiger partial charge in [0.15, 0.2) is 17.5 Å². The Morgan fingerprint density at radius 3 is 2.38 bits per heavy atom. The van der Waals surface area contributed by atoms with E-state index in [2.05, 4.69) is 4.94 Å². The Kier molecular flexibility index (Phi) is 6.14. The third-order valence-corrected chi connectivity index (χ3v) is 4.11. The van der Waals surface area contributed by atoms with Gasteiger partial charge in [0, 0.05) is 6.42 Å². The van der Waals surface area contributed by atoms with Crippen molar-refractivity contribution in [2.75, 3.05) is 13.7 Å². The fourth-order valence-corrected chi connectivity index (χ4v) is 3.00. The minimum Gasteiger partial charge on any atom is -0.465 e. The van der Waals surface area contributed by atoms with Gasteiger partial charge in [0.25, 0.3) is 0 Å². The van der Waals surface area contributed by atoms with E-state index >= 15 is 0 Å². The van der Waals surface area contributed by atoms with Gasteiger partial charge in [0.2, 0.25) is 0 Å². The van der Waals surface area contributed by atoms with Crippen molar-refractivity contribution < 1.29 is 33.4 Å². The van der Waals surface area contributed by atoms with Gasteiger partial charge in [-0.25, -0.2) is 0 Å². The summed E-state index contributed by atoms with van der Waals surface area (Å²) in [5.74, 6) is -3.98. The van der Waals surface area contributed by atoms with Gasteiger partial charge in [-0.15, -0.1) is 0 Å². The van der Waals surface area contributed by atoms with Gasteiger partial charge in [0.1, 0.15) is 6.29 Å². The number of aldehydes is 1. The lowest BCUT2D eigenvalue weighted by Gasteiger charge is -2.48. The predicted molar refractivity (Wildman–Crippen MR) is 68.7 cm³/mol. The highest BCUT2D eigenvalue weighted by atomic mass is 19.3. The maximum Gasteiger partial charge on any atom is 0.324 e. The molecule has 6 nitrogen and oxygen atoms in total. The average Bonchev–Trinajstić information content (AvgIpc) is 2.37. The van der Waals surface area contributed by atoms with Crippen molar-refractivity contribution in [2.24, 2.45) is 17.3 Å². The van der Waals surface area contributed by atoms with E-state index in [4.69, 9.17) is 4.74 Å². The molecule has 118 valence electrons. The third kappa shape index (κ3) is 3.34. The van der Waals surface area contributed by atoms with Crippen LogP contribution in [-0.2, 0) is 28.9 Å². The minimum atomic E-state index is -1.38. The molecular formula is C14H19FO6. The van der Waals surface area contributed by atoms with Crippen molar-refractivity contribution in [3.8, 4) is 0 Å². The van der Waals surface area contributed by atoms with E-state index in [1.807, 2.05) is 0 Å². The molecule has 2 aliphatic rings. The van der Waals surface area contributed by atoms with Gasteiger partial charge in [-0.3, -0.25) is 14.4 Å². The summed E-state index contributed by atoms with van der Waals surface area (Å²) in [6, 6.07) is 0. The van der Waals surface area contributed by atoms with Crippen LogP contribution in [0.3, 0.4) is 0 Å². The number of hydrogen-bond acceptors (Lipinski definition) is 6. The maximum absolute atomic E-state index is 12.1. The van der Waals surface area contributed by atoms with Gasteiger partial charge in [-0.05, 0) is 29.7 Å². The van der Waals surface area contributed by atoms with Crippen LogP contribution in [0.2, 0.25) is 0 Å². The molecule has 2 atom stereocenters. The number of Topliss-reactive ketones (excluding diaryl/α,β-unsaturated/α-hetero) is 2. The molecule has 0 saturated heterocycles. The monoisotopic (exact) mass is 302 g/mol. The van der Waals surface area contributed by atoms with Crippen LogP contribution >= 0.6 is 0 Å². The first kappa shape index (κ1) is 17.4. The maximum atomic E-state index is 12.1. The number of halogens is 1. The molecule has 1 spiro atoms. The first-order valence-corrected chi connectivity index (χ1v) is 6.80. The quantitative estimate of drug-likeness (QED) is 0.442. The van der Waals surface area contributed by atoms with Crippen molar-refractivity contribution in [2.45, 2.75) is 32.6 Å². The predicted octanol–water partition coefficient (Wildman–Crippen LogP) is 1.21. The van der Waals surface area contributed by atoms with E-state index in [1.165, 1.54) is 0 Å². The molecule has 0 N–H and O–H groups in total. The number of ketones is 2. The van der Waals surface area contributed by atoms with E-state index in [0.29, 0.717) is 19.1 Å². The largest absolute Gasteiger partial charge is 0.465 e. The van der Waals surface area contributed by atoms with Crippen LogP contribution in [0, 0.1) is 17.3 Å². The number of rotatable bonds is 3. The Bertz CT molecular complexity index is 429. The van der Waals surface area contributed by atoms with Crippen LogP contribution in [0.25, 0.3) is 0 Å². The molecule has 0 aromatic heterocycles. The van der Waals surface area contributed by atoms with Crippen molar-refractivity contribution >= 4 is 23.8 Å². The Morgan fingerprint density at radius 2 is 2.00 bits per heavy atom. The average molecular weight is 302 g/mol. The molecule has 2 unspecified atom stereocenters. The fourth-order valence-electron chi connectivity index (χ4n) is 3.00. The minimum absolute atomic E-state index is 0.118. The van der Waals surface area contributed by atoms with E-state index < -0.39 is 34.8 Å². The molecule has 21 heavy (non-hydrogen) atoms. The molecular weight excluding hydrogens is 283 g/mol. The van der Waals surface area contributed by atoms with E-state index in [1.54, 1.807) is 6.92 Å². The van der Waals surface area contributed by atoms with Crippen LogP contribution in [0.1, 0.15) is 32.6 Å². The lowest BCUT2D eigenvalue weighted by Crippen LogP contribution is -2.54. The smallest absolute Gasteiger partial charge is 0.324 e. The molecule has 2 aliphatic carbocycles. The highest BCUT2D eigenvalue weighted by molar-refractivity contribution is 6.22. The molecule has 0 amide bonds. The summed E-state index contributed by atoms with van der Waals surface area (Å²) in [6.07, 6.45) is 3.09. The van der Waals surface area contributed by atoms with Crippen molar-refractivity contribution in [3.05, 3.63) is 0 Å². The molecule has 0 radical (unpaired) electrons. The highest BCUT2D eigenvalue weighted by Crippen LogP contribution is 2.53. The molecule has 0 heterocycles. The van der Waals surface area contributed by atoms with Gasteiger partial charge >= 0.3 is 5.97 Å². The fraction of sp³-hybridized carbons (Fsp3) is 0.714. The molecule has 0 aliphatic heterocycles. The Balaban J connectivity index is 0.000000677. The molecule has 2 fully saturated rings. The summed E-state index contributed by atoms with van der Waals surface area (Å²) in [4.78, 5) is 49.6. The van der Waals surface area contributed by atoms with Crippen molar-refractivity contribution in [1.29, 1.82) is 0 Å². The summed E-state index contributed by atoms with van der Waals surface area (Å²) in [5, 5.41) is 0. The normalized spacial score (nSPS) is 26.4. The zero-order chi connectivity index (χ0) is 16.0. The number of hydrogen-bond donors (Lipinski definition) is 0. The van der Waals surface area contributed by atoms with Crippen molar-refractivity contribution in [1.82, 2.24) is 0 Å². The van der Waals surface area contributed by atoms with E-state index in [-0.39, 0.29) is 13.0 Å². The second-order valence-corrected chi connectivity index (χ2v) is 5.21. The topological polar surface area (TPSA) is 86.7 Å². The Morgan fingerprint density at radius 1 is 1.43 bits per heavy atom. The second kappa shape index (κ2) is 7.40. The van der Waals surface area contributed by atoms with E-state index in [0.717, 1.165) is 13.5 Å². The lowest BCUT2D eigenvalue weighted by atomic mass is 9.53. The van der Waals surface area contributed by atoms with Gasteiger partial charge in [-0.1, -0.05) is 6.42 Å². The lowest BCUT2D eigenvalue weighted by molar-refractivity contribution is -0.164. The summed E-state index contributed by atoms with van der Waals surface area (Å²) in [7, 11) is 0.958. The molecule has 2 saturated carbocycles. The SMILES string of the molecule is CCOC(=O)C1C(=O)CC2(CCC2)C(C=O)C1=O.COF. The van der Waals surface area contributed by atoms with Gasteiger partial charge < -0.3 is 9.53 Å². The summed E-state index contributed by atoms with van der Waals surface area (Å²) < 4.78 is 14.5. The van der Waals surface area contributed by atoms with Crippen LogP contribution in [0.4, 0.5) is 4.53 Å². The van der Waals surface area contributed by atoms with Gasteiger partial charge in [-0.2, -0.15) is 4.94 Å². The van der Waals surface area contributed by atoms with Crippen molar-refractivity contribution in [3.63, 3.8) is 0 Å². The third-order valence-electron chi connectivity index (χ3n) is 4.11. The summed E-state index contributed by atoms with van der Waals surface area (Å²) in [5.41, 5.74) is -0.501. The summed E-state index contributed by atoms with van der Waals surface area (Å²) >= 11 is 0. The van der Waals surface area contributed by atoms with Crippen LogP contribution < -0.4 is 0 Å². The second-order valence-electron chi connectivity index (χ2n) is 5.21. The first-order chi connectivity index (χ1) is 9.97. The number of esters is 1. The van der Waals surface area contributed by atoms with Gasteiger partial charge in [0.05, 0.1) is 19.6 Å². The number of ether oxygens (including phenoxy) is 1. The standard InChI is InChI=1S/C13H16O5.CH3FO/c1-2-18-12(17)10-9(15)6-13(4-3-5-13)8(7-14)11(10)16;1-3-2/h7-8,10H,2-6H2,1H3;1H3.